The van der Waals surface area contributed by atoms with E-state index in [1.54, 1.807) is 19.2 Å². The molecule has 2 aromatic rings. The topological polar surface area (TPSA) is 76.1 Å². The molecule has 0 spiro atoms. The van der Waals surface area contributed by atoms with Crippen LogP contribution in [0.4, 0.5) is 11.5 Å². The van der Waals surface area contributed by atoms with Gasteiger partial charge in [0.15, 0.2) is 0 Å². The molecule has 6 nitrogen and oxygen atoms in total. The maximum absolute atomic E-state index is 12.2. The summed E-state index contributed by atoms with van der Waals surface area (Å²) in [6, 6.07) is 5.59. The lowest BCUT2D eigenvalue weighted by molar-refractivity contribution is 0.0922. The van der Waals surface area contributed by atoms with Gasteiger partial charge in [-0.2, -0.15) is 0 Å². The predicted octanol–water partition coefficient (Wildman–Crippen LogP) is 3.94. The van der Waals surface area contributed by atoms with Crippen molar-refractivity contribution in [1.29, 1.82) is 0 Å². The number of hydrogen-bond acceptors (Lipinski definition) is 5. The van der Waals surface area contributed by atoms with Crippen molar-refractivity contribution in [3.8, 4) is 5.75 Å². The number of nitrogens with one attached hydrogen (secondary N) is 2. The zero-order valence-corrected chi connectivity index (χ0v) is 14.8. The van der Waals surface area contributed by atoms with E-state index < -0.39 is 0 Å². The average Bonchev–Trinajstić information content (AvgIpc) is 2.63. The van der Waals surface area contributed by atoms with Crippen LogP contribution in [0.1, 0.15) is 42.6 Å². The minimum atomic E-state index is -0.168. The standard InChI is InChI=1S/C18H21ClN4O2/c1-25-16-8-7-13(9-14(16)19)22-17-11-20-15(10-21-17)18(24)23-12-5-3-2-4-6-12/h7-12H,2-6H2,1H3,(H,21,22)(H,23,24). The lowest BCUT2D eigenvalue weighted by Crippen LogP contribution is -2.36. The quantitative estimate of drug-likeness (QED) is 0.844. The predicted molar refractivity (Wildman–Crippen MR) is 97.7 cm³/mol. The molecule has 1 heterocycles. The van der Waals surface area contributed by atoms with E-state index in [1.165, 1.54) is 31.7 Å². The van der Waals surface area contributed by atoms with Crippen LogP contribution in [0.15, 0.2) is 30.6 Å². The van der Waals surface area contributed by atoms with E-state index in [-0.39, 0.29) is 11.9 Å². The van der Waals surface area contributed by atoms with Crippen LogP contribution in [0.25, 0.3) is 0 Å². The Morgan fingerprint density at radius 3 is 2.64 bits per heavy atom. The summed E-state index contributed by atoms with van der Waals surface area (Å²) in [7, 11) is 1.57. The number of carbonyl (C=O) groups excluding carboxylic acids is 1. The number of anilines is 2. The van der Waals surface area contributed by atoms with Crippen molar-refractivity contribution >= 4 is 29.0 Å². The molecule has 1 aliphatic rings. The molecule has 25 heavy (non-hydrogen) atoms. The average molecular weight is 361 g/mol. The third-order valence-electron chi connectivity index (χ3n) is 4.25. The number of benzene rings is 1. The monoisotopic (exact) mass is 360 g/mol. The Morgan fingerprint density at radius 2 is 2.00 bits per heavy atom. The molecular weight excluding hydrogens is 340 g/mol. The summed E-state index contributed by atoms with van der Waals surface area (Å²) in [6.45, 7) is 0. The van der Waals surface area contributed by atoms with Crippen LogP contribution in [0.2, 0.25) is 5.02 Å². The number of methoxy groups -OCH3 is 1. The summed E-state index contributed by atoms with van der Waals surface area (Å²) in [5, 5.41) is 6.63. The van der Waals surface area contributed by atoms with E-state index in [2.05, 4.69) is 20.6 Å². The van der Waals surface area contributed by atoms with Gasteiger partial charge in [0.2, 0.25) is 0 Å². The molecule has 1 aromatic heterocycles. The summed E-state index contributed by atoms with van der Waals surface area (Å²) in [6.07, 6.45) is 8.68. The van der Waals surface area contributed by atoms with Gasteiger partial charge < -0.3 is 15.4 Å². The molecule has 0 unspecified atom stereocenters. The Hall–Kier alpha value is -2.34. The van der Waals surface area contributed by atoms with Gasteiger partial charge in [-0.05, 0) is 31.0 Å². The van der Waals surface area contributed by atoms with E-state index >= 15 is 0 Å². The first kappa shape index (κ1) is 17.5. The van der Waals surface area contributed by atoms with Crippen LogP contribution in [-0.2, 0) is 0 Å². The van der Waals surface area contributed by atoms with Gasteiger partial charge in [-0.3, -0.25) is 4.79 Å². The number of rotatable bonds is 5. The van der Waals surface area contributed by atoms with Crippen LogP contribution in [-0.4, -0.2) is 29.0 Å². The normalized spacial score (nSPS) is 14.8. The molecule has 1 amide bonds. The molecule has 2 N–H and O–H groups in total. The number of halogens is 1. The smallest absolute Gasteiger partial charge is 0.271 e. The minimum absolute atomic E-state index is 0.168. The van der Waals surface area contributed by atoms with E-state index in [1.807, 2.05) is 6.07 Å². The third kappa shape index (κ3) is 4.60. The van der Waals surface area contributed by atoms with Crippen molar-refractivity contribution in [2.75, 3.05) is 12.4 Å². The number of ether oxygens (including phenoxy) is 1. The zero-order valence-electron chi connectivity index (χ0n) is 14.1. The summed E-state index contributed by atoms with van der Waals surface area (Å²) < 4.78 is 5.12. The van der Waals surface area contributed by atoms with Crippen LogP contribution in [0.3, 0.4) is 0 Å². The molecule has 3 rings (SSSR count). The Labute approximate surface area is 152 Å². The number of carbonyl (C=O) groups is 1. The fourth-order valence-electron chi connectivity index (χ4n) is 2.91. The van der Waals surface area contributed by atoms with Crippen molar-refractivity contribution in [2.45, 2.75) is 38.1 Å². The largest absolute Gasteiger partial charge is 0.495 e. The lowest BCUT2D eigenvalue weighted by Gasteiger charge is -2.22. The molecule has 7 heteroatoms. The van der Waals surface area contributed by atoms with Gasteiger partial charge >= 0.3 is 0 Å². The highest BCUT2D eigenvalue weighted by molar-refractivity contribution is 6.32. The summed E-state index contributed by atoms with van der Waals surface area (Å²) in [5.74, 6) is 0.974. The third-order valence-corrected chi connectivity index (χ3v) is 4.54. The Balaban J connectivity index is 1.61. The highest BCUT2D eigenvalue weighted by Crippen LogP contribution is 2.28. The lowest BCUT2D eigenvalue weighted by atomic mass is 9.95. The van der Waals surface area contributed by atoms with Crippen molar-refractivity contribution in [1.82, 2.24) is 15.3 Å². The molecule has 132 valence electrons. The summed E-state index contributed by atoms with van der Waals surface area (Å²) >= 11 is 6.10. The van der Waals surface area contributed by atoms with E-state index in [9.17, 15) is 4.79 Å². The van der Waals surface area contributed by atoms with Crippen molar-refractivity contribution in [3.63, 3.8) is 0 Å². The van der Waals surface area contributed by atoms with Gasteiger partial charge in [0, 0.05) is 11.7 Å². The second-order valence-corrected chi connectivity index (χ2v) is 6.48. The molecule has 1 saturated carbocycles. The molecule has 0 saturated heterocycles. The maximum Gasteiger partial charge on any atom is 0.271 e. The van der Waals surface area contributed by atoms with E-state index in [4.69, 9.17) is 16.3 Å². The Bertz CT molecular complexity index is 730. The first-order valence-corrected chi connectivity index (χ1v) is 8.77. The first-order chi connectivity index (χ1) is 12.2. The van der Waals surface area contributed by atoms with Crippen LogP contribution in [0, 0.1) is 0 Å². The van der Waals surface area contributed by atoms with Gasteiger partial charge in [0.25, 0.3) is 5.91 Å². The second-order valence-electron chi connectivity index (χ2n) is 6.07. The highest BCUT2D eigenvalue weighted by Gasteiger charge is 2.17. The summed E-state index contributed by atoms with van der Waals surface area (Å²) in [4.78, 5) is 20.7. The van der Waals surface area contributed by atoms with Crippen molar-refractivity contribution in [2.24, 2.45) is 0 Å². The molecule has 0 radical (unpaired) electrons. The first-order valence-electron chi connectivity index (χ1n) is 8.39. The molecule has 0 aliphatic heterocycles. The molecule has 0 bridgehead atoms. The molecule has 1 aromatic carbocycles. The van der Waals surface area contributed by atoms with Crippen molar-refractivity contribution in [3.05, 3.63) is 41.3 Å². The second kappa shape index (κ2) is 8.16. The van der Waals surface area contributed by atoms with Crippen LogP contribution >= 0.6 is 11.6 Å². The van der Waals surface area contributed by atoms with Gasteiger partial charge in [-0.15, -0.1) is 0 Å². The molecule has 0 atom stereocenters. The Kier molecular flexibility index (Phi) is 5.71. The number of nitrogens with zero attached hydrogens (tertiary/aromatic N) is 2. The minimum Gasteiger partial charge on any atom is -0.495 e. The highest BCUT2D eigenvalue weighted by atomic mass is 35.5. The van der Waals surface area contributed by atoms with Crippen LogP contribution < -0.4 is 15.4 Å². The number of aromatic nitrogens is 2. The van der Waals surface area contributed by atoms with E-state index in [0.717, 1.165) is 18.5 Å². The Morgan fingerprint density at radius 1 is 1.20 bits per heavy atom. The zero-order chi connectivity index (χ0) is 17.6. The molecular formula is C18H21ClN4O2. The SMILES string of the molecule is COc1ccc(Nc2cnc(C(=O)NC3CCCCC3)cn2)cc1Cl. The van der Waals surface area contributed by atoms with Crippen LogP contribution in [0.5, 0.6) is 5.75 Å². The van der Waals surface area contributed by atoms with E-state index in [0.29, 0.717) is 22.3 Å². The number of hydrogen-bond donors (Lipinski definition) is 2. The van der Waals surface area contributed by atoms with Gasteiger partial charge in [0.1, 0.15) is 17.3 Å². The van der Waals surface area contributed by atoms with Crippen molar-refractivity contribution < 1.29 is 9.53 Å². The fourth-order valence-corrected chi connectivity index (χ4v) is 3.17. The maximum atomic E-state index is 12.2. The fraction of sp³-hybridized carbons (Fsp3) is 0.389. The van der Waals surface area contributed by atoms with Gasteiger partial charge in [0.05, 0.1) is 24.5 Å². The number of amides is 1. The molecule has 1 aliphatic carbocycles. The van der Waals surface area contributed by atoms with Gasteiger partial charge in [-0.1, -0.05) is 30.9 Å². The van der Waals surface area contributed by atoms with Gasteiger partial charge in [-0.25, -0.2) is 9.97 Å². The molecule has 1 fully saturated rings. The summed E-state index contributed by atoms with van der Waals surface area (Å²) in [5.41, 5.74) is 1.09.